The summed E-state index contributed by atoms with van der Waals surface area (Å²) in [5.41, 5.74) is 1.48. The van der Waals surface area contributed by atoms with E-state index in [0.29, 0.717) is 29.4 Å². The van der Waals surface area contributed by atoms with E-state index in [4.69, 9.17) is 4.84 Å². The van der Waals surface area contributed by atoms with Crippen molar-refractivity contribution in [3.8, 4) is 0 Å². The van der Waals surface area contributed by atoms with Gasteiger partial charge in [-0.25, -0.2) is 5.06 Å². The summed E-state index contributed by atoms with van der Waals surface area (Å²) in [4.78, 5) is 44.0. The van der Waals surface area contributed by atoms with Crippen LogP contribution in [0.2, 0.25) is 0 Å². The number of hydroxylamine groups is 2. The predicted molar refractivity (Wildman–Crippen MR) is 106 cm³/mol. The SMILES string of the molecule is CON(C)C(=O)C1CCc2sc(NC(=O)C3CC3)c(C(=O)NCC3CC3)c2C1. The first-order valence-electron chi connectivity index (χ1n) is 10.0. The normalized spacial score (nSPS) is 21.0. The molecule has 0 aliphatic heterocycles. The molecule has 3 aliphatic rings. The van der Waals surface area contributed by atoms with Gasteiger partial charge in [0.25, 0.3) is 5.91 Å². The number of hydrogen-bond donors (Lipinski definition) is 2. The summed E-state index contributed by atoms with van der Waals surface area (Å²) in [6.45, 7) is 0.675. The first-order chi connectivity index (χ1) is 13.5. The Morgan fingerprint density at radius 2 is 1.89 bits per heavy atom. The lowest BCUT2D eigenvalue weighted by molar-refractivity contribution is -0.173. The number of rotatable bonds is 7. The van der Waals surface area contributed by atoms with Crippen LogP contribution in [0.4, 0.5) is 5.00 Å². The summed E-state index contributed by atoms with van der Waals surface area (Å²) >= 11 is 1.49. The molecular weight excluding hydrogens is 378 g/mol. The van der Waals surface area contributed by atoms with Gasteiger partial charge in [0.1, 0.15) is 5.00 Å². The number of aryl methyl sites for hydroxylation is 1. The molecule has 4 rings (SSSR count). The third-order valence-electron chi connectivity index (χ3n) is 5.85. The number of anilines is 1. The van der Waals surface area contributed by atoms with Gasteiger partial charge >= 0.3 is 0 Å². The van der Waals surface area contributed by atoms with Gasteiger partial charge in [-0.1, -0.05) is 0 Å². The van der Waals surface area contributed by atoms with Gasteiger partial charge < -0.3 is 10.6 Å². The lowest BCUT2D eigenvalue weighted by Gasteiger charge is -2.25. The highest BCUT2D eigenvalue weighted by atomic mass is 32.1. The second-order valence-electron chi connectivity index (χ2n) is 8.08. The number of carbonyl (C=O) groups excluding carboxylic acids is 3. The van der Waals surface area contributed by atoms with E-state index < -0.39 is 0 Å². The maximum Gasteiger partial charge on any atom is 0.254 e. The fourth-order valence-corrected chi connectivity index (χ4v) is 4.92. The second kappa shape index (κ2) is 7.83. The molecule has 1 unspecified atom stereocenters. The second-order valence-corrected chi connectivity index (χ2v) is 9.19. The molecule has 7 nitrogen and oxygen atoms in total. The number of carbonyl (C=O) groups is 3. The number of fused-ring (bicyclic) bond motifs is 1. The fourth-order valence-electron chi connectivity index (χ4n) is 3.68. The zero-order valence-corrected chi connectivity index (χ0v) is 17.2. The van der Waals surface area contributed by atoms with Crippen LogP contribution in [0, 0.1) is 17.8 Å². The Hall–Kier alpha value is -1.93. The van der Waals surface area contributed by atoms with Crippen LogP contribution >= 0.6 is 11.3 Å². The van der Waals surface area contributed by atoms with Gasteiger partial charge in [-0.15, -0.1) is 11.3 Å². The fraction of sp³-hybridized carbons (Fsp3) is 0.650. The number of nitrogens with zero attached hydrogens (tertiary/aromatic N) is 1. The molecule has 2 saturated carbocycles. The number of amides is 3. The number of nitrogens with one attached hydrogen (secondary N) is 2. The van der Waals surface area contributed by atoms with Crippen molar-refractivity contribution in [2.45, 2.75) is 44.9 Å². The molecule has 0 radical (unpaired) electrons. The van der Waals surface area contributed by atoms with E-state index in [1.54, 1.807) is 7.05 Å². The van der Waals surface area contributed by atoms with Crippen LogP contribution in [0.1, 0.15) is 52.9 Å². The molecule has 0 spiro atoms. The first kappa shape index (κ1) is 19.4. The minimum absolute atomic E-state index is 0.00147. The molecule has 1 aromatic rings. The Balaban J connectivity index is 1.58. The van der Waals surface area contributed by atoms with Crippen LogP contribution < -0.4 is 10.6 Å². The van der Waals surface area contributed by atoms with Crippen LogP contribution in [-0.4, -0.2) is 43.5 Å². The van der Waals surface area contributed by atoms with E-state index in [1.165, 1.54) is 23.5 Å². The van der Waals surface area contributed by atoms with Gasteiger partial charge in [-0.05, 0) is 56.4 Å². The minimum atomic E-state index is -0.214. The first-order valence-corrected chi connectivity index (χ1v) is 10.8. The van der Waals surface area contributed by atoms with Crippen LogP contribution in [0.3, 0.4) is 0 Å². The standard InChI is InChI=1S/C20H27N3O4S/c1-23(27-2)20(26)13-7-8-15-14(9-13)16(18(25)21-10-11-3-4-11)19(28-15)22-17(24)12-5-6-12/h11-13H,3-10H2,1-2H3,(H,21,25)(H,22,24). The van der Waals surface area contributed by atoms with E-state index in [2.05, 4.69) is 10.6 Å². The van der Waals surface area contributed by atoms with Crippen LogP contribution in [0.5, 0.6) is 0 Å². The average Bonchev–Trinajstić information content (AvgIpc) is 3.60. The number of thiophene rings is 1. The van der Waals surface area contributed by atoms with Gasteiger partial charge in [-0.2, -0.15) is 0 Å². The highest BCUT2D eigenvalue weighted by molar-refractivity contribution is 7.17. The summed E-state index contributed by atoms with van der Waals surface area (Å²) in [6.07, 6.45) is 6.11. The third kappa shape index (κ3) is 4.07. The largest absolute Gasteiger partial charge is 0.352 e. The Labute approximate surface area is 168 Å². The molecule has 1 heterocycles. The lowest BCUT2D eigenvalue weighted by atomic mass is 9.85. The molecule has 28 heavy (non-hydrogen) atoms. The van der Waals surface area contributed by atoms with Gasteiger partial charge in [0.2, 0.25) is 11.8 Å². The van der Waals surface area contributed by atoms with E-state index >= 15 is 0 Å². The van der Waals surface area contributed by atoms with Crippen LogP contribution in [0.15, 0.2) is 0 Å². The smallest absolute Gasteiger partial charge is 0.254 e. The zero-order chi connectivity index (χ0) is 19.8. The highest BCUT2D eigenvalue weighted by Gasteiger charge is 2.36. The molecule has 0 aromatic carbocycles. The van der Waals surface area contributed by atoms with Crippen LogP contribution in [0.25, 0.3) is 0 Å². The van der Waals surface area contributed by atoms with Crippen molar-refractivity contribution in [3.05, 3.63) is 16.0 Å². The molecule has 0 saturated heterocycles. The zero-order valence-electron chi connectivity index (χ0n) is 16.4. The van der Waals surface area contributed by atoms with E-state index in [9.17, 15) is 14.4 Å². The summed E-state index contributed by atoms with van der Waals surface area (Å²) in [5, 5.41) is 7.92. The Bertz CT molecular complexity index is 798. The van der Waals surface area contributed by atoms with Crippen molar-refractivity contribution >= 4 is 34.1 Å². The molecule has 1 atom stereocenters. The quantitative estimate of drug-likeness (QED) is 0.682. The molecule has 1 aromatic heterocycles. The van der Waals surface area contributed by atoms with Crippen molar-refractivity contribution in [1.29, 1.82) is 0 Å². The van der Waals surface area contributed by atoms with E-state index in [-0.39, 0.29) is 29.6 Å². The average molecular weight is 406 g/mol. The van der Waals surface area contributed by atoms with Crippen molar-refractivity contribution in [3.63, 3.8) is 0 Å². The summed E-state index contributed by atoms with van der Waals surface area (Å²) in [7, 11) is 3.08. The molecule has 2 N–H and O–H groups in total. The molecule has 152 valence electrons. The summed E-state index contributed by atoms with van der Waals surface area (Å²) in [5.74, 6) is 0.227. The van der Waals surface area contributed by atoms with Crippen molar-refractivity contribution in [2.24, 2.45) is 17.8 Å². The maximum atomic E-state index is 13.0. The molecule has 3 aliphatic carbocycles. The Morgan fingerprint density at radius 3 is 2.54 bits per heavy atom. The maximum absolute atomic E-state index is 13.0. The predicted octanol–water partition coefficient (Wildman–Crippen LogP) is 2.36. The minimum Gasteiger partial charge on any atom is -0.352 e. The molecule has 8 heteroatoms. The Morgan fingerprint density at radius 1 is 1.14 bits per heavy atom. The lowest BCUT2D eigenvalue weighted by Crippen LogP contribution is -2.35. The van der Waals surface area contributed by atoms with Gasteiger partial charge in [0, 0.05) is 30.3 Å². The van der Waals surface area contributed by atoms with Gasteiger partial charge in [0.15, 0.2) is 0 Å². The van der Waals surface area contributed by atoms with Gasteiger partial charge in [0.05, 0.1) is 12.7 Å². The Kier molecular flexibility index (Phi) is 5.42. The van der Waals surface area contributed by atoms with Crippen molar-refractivity contribution in [2.75, 3.05) is 26.0 Å². The number of hydrogen-bond acceptors (Lipinski definition) is 5. The molecule has 3 amide bonds. The third-order valence-corrected chi connectivity index (χ3v) is 7.06. The topological polar surface area (TPSA) is 87.7 Å². The summed E-state index contributed by atoms with van der Waals surface area (Å²) < 4.78 is 0. The summed E-state index contributed by atoms with van der Waals surface area (Å²) in [6, 6.07) is 0. The molecule has 2 fully saturated rings. The monoisotopic (exact) mass is 405 g/mol. The highest BCUT2D eigenvalue weighted by Crippen LogP contribution is 2.41. The van der Waals surface area contributed by atoms with E-state index in [1.807, 2.05) is 0 Å². The van der Waals surface area contributed by atoms with E-state index in [0.717, 1.165) is 49.0 Å². The molecule has 0 bridgehead atoms. The molecular formula is C20H27N3O4S. The van der Waals surface area contributed by atoms with Crippen molar-refractivity contribution < 1.29 is 19.2 Å². The van der Waals surface area contributed by atoms with Crippen molar-refractivity contribution in [1.82, 2.24) is 10.4 Å². The van der Waals surface area contributed by atoms with Gasteiger partial charge in [-0.3, -0.25) is 19.2 Å². The van der Waals surface area contributed by atoms with Crippen LogP contribution in [-0.2, 0) is 27.3 Å².